The Morgan fingerprint density at radius 1 is 0.464 bits per heavy atom. The number of anilines is 6. The summed E-state index contributed by atoms with van der Waals surface area (Å²) in [4.78, 5) is 4.77. The molecule has 0 bridgehead atoms. The Labute approximate surface area is 327 Å². The van der Waals surface area contributed by atoms with Crippen molar-refractivity contribution in [1.82, 2.24) is 0 Å². The van der Waals surface area contributed by atoms with Crippen molar-refractivity contribution in [3.05, 3.63) is 205 Å². The van der Waals surface area contributed by atoms with Crippen molar-refractivity contribution in [3.63, 3.8) is 0 Å². The minimum absolute atomic E-state index is 0.285. The van der Waals surface area contributed by atoms with Crippen LogP contribution in [0.1, 0.15) is 25.0 Å². The lowest BCUT2D eigenvalue weighted by atomic mass is 9.72. The fourth-order valence-corrected chi connectivity index (χ4v) is 9.09. The molecule has 2 aliphatic heterocycles. The molecule has 0 spiro atoms. The Kier molecular flexibility index (Phi) is 7.20. The monoisotopic (exact) mass is 718 g/mol. The fraction of sp³-hybridized carbons (Fsp3) is 0.0566. The minimum Gasteiger partial charge on any atom is -0.451 e. The normalized spacial score (nSPS) is 13.4. The average molecular weight is 719 g/mol. The van der Waals surface area contributed by atoms with E-state index in [-0.39, 0.29) is 5.41 Å². The molecule has 2 aliphatic rings. The predicted molar refractivity (Wildman–Crippen MR) is 234 cm³/mol. The van der Waals surface area contributed by atoms with Crippen molar-refractivity contribution in [2.24, 2.45) is 0 Å². The van der Waals surface area contributed by atoms with E-state index >= 15 is 0 Å². The molecule has 0 aliphatic carbocycles. The summed E-state index contributed by atoms with van der Waals surface area (Å²) in [6, 6.07) is 70.0. The van der Waals surface area contributed by atoms with Gasteiger partial charge in [-0.3, -0.25) is 0 Å². The summed E-state index contributed by atoms with van der Waals surface area (Å²) >= 11 is 0. The number of fused-ring (bicyclic) bond motifs is 7. The molecule has 3 heteroatoms. The molecular formula is C53H38N2O. The van der Waals surface area contributed by atoms with E-state index in [4.69, 9.17) is 4.74 Å². The maximum absolute atomic E-state index is 7.38. The molecule has 2 heterocycles. The Morgan fingerprint density at radius 3 is 1.95 bits per heavy atom. The maximum Gasteiger partial charge on any atom is 0.175 e. The van der Waals surface area contributed by atoms with Crippen LogP contribution in [0.25, 0.3) is 43.8 Å². The van der Waals surface area contributed by atoms with E-state index in [2.05, 4.69) is 218 Å². The summed E-state index contributed by atoms with van der Waals surface area (Å²) in [5.41, 5.74) is 13.3. The van der Waals surface area contributed by atoms with Crippen molar-refractivity contribution in [2.45, 2.75) is 19.3 Å². The van der Waals surface area contributed by atoms with E-state index < -0.39 is 0 Å². The third-order valence-corrected chi connectivity index (χ3v) is 11.8. The van der Waals surface area contributed by atoms with Crippen molar-refractivity contribution < 1.29 is 4.74 Å². The van der Waals surface area contributed by atoms with Gasteiger partial charge in [0.1, 0.15) is 0 Å². The van der Waals surface area contributed by atoms with Crippen LogP contribution in [0.15, 0.2) is 194 Å². The van der Waals surface area contributed by atoms with Gasteiger partial charge in [0.15, 0.2) is 11.5 Å². The van der Waals surface area contributed by atoms with Crippen molar-refractivity contribution in [3.8, 4) is 33.8 Å². The van der Waals surface area contributed by atoms with E-state index in [1.54, 1.807) is 0 Å². The Bertz CT molecular complexity index is 2990. The van der Waals surface area contributed by atoms with E-state index in [1.807, 2.05) is 0 Å². The zero-order chi connectivity index (χ0) is 37.4. The van der Waals surface area contributed by atoms with E-state index in [0.29, 0.717) is 0 Å². The van der Waals surface area contributed by atoms with Gasteiger partial charge in [-0.25, -0.2) is 0 Å². The zero-order valence-electron chi connectivity index (χ0n) is 31.3. The van der Waals surface area contributed by atoms with Crippen LogP contribution in [-0.2, 0) is 5.41 Å². The highest BCUT2D eigenvalue weighted by atomic mass is 16.5. The van der Waals surface area contributed by atoms with Crippen LogP contribution in [0.3, 0.4) is 0 Å². The predicted octanol–water partition coefficient (Wildman–Crippen LogP) is 15.0. The molecule has 0 saturated heterocycles. The number of rotatable bonds is 5. The average Bonchev–Trinajstić information content (AvgIpc) is 3.25. The van der Waals surface area contributed by atoms with Crippen LogP contribution >= 0.6 is 0 Å². The third kappa shape index (κ3) is 4.91. The molecule has 9 aromatic carbocycles. The second-order valence-corrected chi connectivity index (χ2v) is 15.4. The minimum atomic E-state index is -0.285. The van der Waals surface area contributed by atoms with Crippen LogP contribution < -0.4 is 14.5 Å². The fourth-order valence-electron chi connectivity index (χ4n) is 9.09. The highest BCUT2D eigenvalue weighted by molar-refractivity contribution is 6.14. The van der Waals surface area contributed by atoms with E-state index in [1.165, 1.54) is 49.5 Å². The number of benzene rings is 9. The molecular weight excluding hydrogens is 681 g/mol. The third-order valence-electron chi connectivity index (χ3n) is 11.8. The quantitative estimate of drug-likeness (QED) is 0.165. The largest absolute Gasteiger partial charge is 0.451 e. The molecule has 0 N–H and O–H groups in total. The SMILES string of the molecule is CC1(C)c2ccccc2N2c3cccc(N(c4ccccc4)c4cccc(-c5ccccc5)c4)c3Oc3cc(-c4cc5ccccc5c5ccccc45)cc1c32. The first-order valence-corrected chi connectivity index (χ1v) is 19.4. The standard InChI is InChI=1S/C53H38N2O/c1-53(2)45-27-13-14-28-47(45)55-49-30-16-29-48(54(39-21-7-4-8-22-39)40-23-15-20-36(31-40)35-17-5-3-6-18-35)52(49)56-50-34-38(33-46(53)51(50)55)44-32-37-19-9-10-24-41(37)42-25-11-12-26-43(42)44/h3-34H,1-2H3. The lowest BCUT2D eigenvalue weighted by molar-refractivity contribution is 0.472. The maximum atomic E-state index is 7.38. The smallest absolute Gasteiger partial charge is 0.175 e. The van der Waals surface area contributed by atoms with E-state index in [9.17, 15) is 0 Å². The number of hydrogen-bond acceptors (Lipinski definition) is 3. The first-order valence-electron chi connectivity index (χ1n) is 19.4. The topological polar surface area (TPSA) is 15.7 Å². The molecule has 56 heavy (non-hydrogen) atoms. The zero-order valence-corrected chi connectivity index (χ0v) is 31.3. The molecule has 11 rings (SSSR count). The summed E-state index contributed by atoms with van der Waals surface area (Å²) in [6.45, 7) is 4.70. The van der Waals surface area contributed by atoms with E-state index in [0.717, 1.165) is 51.1 Å². The Morgan fingerprint density at radius 2 is 1.11 bits per heavy atom. The lowest BCUT2D eigenvalue weighted by Crippen LogP contribution is -2.32. The summed E-state index contributed by atoms with van der Waals surface area (Å²) in [6.07, 6.45) is 0. The Balaban J connectivity index is 1.17. The first-order chi connectivity index (χ1) is 27.5. The highest BCUT2D eigenvalue weighted by Gasteiger charge is 2.43. The molecule has 0 radical (unpaired) electrons. The van der Waals surface area contributed by atoms with Crippen molar-refractivity contribution in [2.75, 3.05) is 9.80 Å². The van der Waals surface area contributed by atoms with Gasteiger partial charge < -0.3 is 14.5 Å². The number of para-hydroxylation sites is 3. The number of ether oxygens (including phenoxy) is 1. The molecule has 0 amide bonds. The van der Waals surface area contributed by atoms with Gasteiger partial charge in [-0.2, -0.15) is 0 Å². The van der Waals surface area contributed by atoms with Gasteiger partial charge in [-0.1, -0.05) is 147 Å². The van der Waals surface area contributed by atoms with Gasteiger partial charge in [0.2, 0.25) is 0 Å². The van der Waals surface area contributed by atoms with Crippen LogP contribution in [-0.4, -0.2) is 0 Å². The Hall–Kier alpha value is -7.10. The number of hydrogen-bond donors (Lipinski definition) is 0. The molecule has 0 fully saturated rings. The lowest BCUT2D eigenvalue weighted by Gasteiger charge is -2.45. The molecule has 0 aromatic heterocycles. The molecule has 0 unspecified atom stereocenters. The van der Waals surface area contributed by atoms with Crippen LogP contribution in [0.2, 0.25) is 0 Å². The summed E-state index contributed by atoms with van der Waals surface area (Å²) < 4.78 is 7.38. The first kappa shape index (κ1) is 32.3. The van der Waals surface area contributed by atoms with Gasteiger partial charge in [-0.05, 0) is 116 Å². The second kappa shape index (κ2) is 12.5. The van der Waals surface area contributed by atoms with Crippen molar-refractivity contribution in [1.29, 1.82) is 0 Å². The second-order valence-electron chi connectivity index (χ2n) is 15.4. The van der Waals surface area contributed by atoms with Crippen LogP contribution in [0, 0.1) is 0 Å². The molecule has 266 valence electrons. The van der Waals surface area contributed by atoms with Gasteiger partial charge >= 0.3 is 0 Å². The van der Waals surface area contributed by atoms with Gasteiger partial charge in [0, 0.05) is 16.8 Å². The van der Waals surface area contributed by atoms with Gasteiger partial charge in [0.25, 0.3) is 0 Å². The highest BCUT2D eigenvalue weighted by Crippen LogP contribution is 2.63. The summed E-state index contributed by atoms with van der Waals surface area (Å²) in [5, 5.41) is 4.97. The molecule has 9 aromatic rings. The van der Waals surface area contributed by atoms with Crippen LogP contribution in [0.5, 0.6) is 11.5 Å². The molecule has 0 atom stereocenters. The molecule has 0 saturated carbocycles. The van der Waals surface area contributed by atoms with Crippen molar-refractivity contribution >= 4 is 55.7 Å². The number of nitrogens with zero attached hydrogens (tertiary/aromatic N) is 2. The summed E-state index contributed by atoms with van der Waals surface area (Å²) in [7, 11) is 0. The van der Waals surface area contributed by atoms with Gasteiger partial charge in [0.05, 0.1) is 22.7 Å². The van der Waals surface area contributed by atoms with Gasteiger partial charge in [-0.15, -0.1) is 0 Å². The summed E-state index contributed by atoms with van der Waals surface area (Å²) in [5.74, 6) is 1.67. The molecule has 3 nitrogen and oxygen atoms in total. The van der Waals surface area contributed by atoms with Crippen LogP contribution in [0.4, 0.5) is 34.1 Å².